The summed E-state index contributed by atoms with van der Waals surface area (Å²) in [5.74, 6) is 0.255. The van der Waals surface area contributed by atoms with E-state index in [4.69, 9.17) is 0 Å². The molecular formula is C22H30N4O3S. The quantitative estimate of drug-likeness (QED) is 0.662. The van der Waals surface area contributed by atoms with Crippen LogP contribution in [0, 0.1) is 5.92 Å². The van der Waals surface area contributed by atoms with Gasteiger partial charge in [-0.05, 0) is 60.7 Å². The lowest BCUT2D eigenvalue weighted by Crippen LogP contribution is -2.41. The van der Waals surface area contributed by atoms with Gasteiger partial charge in [0.25, 0.3) is 0 Å². The van der Waals surface area contributed by atoms with E-state index in [1.54, 1.807) is 41.0 Å². The third kappa shape index (κ3) is 5.79. The molecule has 3 rings (SSSR count). The van der Waals surface area contributed by atoms with E-state index in [1.165, 1.54) is 0 Å². The second-order valence-corrected chi connectivity index (χ2v) is 9.98. The molecule has 0 unspecified atom stereocenters. The Kier molecular flexibility index (Phi) is 7.44. The van der Waals surface area contributed by atoms with Gasteiger partial charge < -0.3 is 10.6 Å². The van der Waals surface area contributed by atoms with Gasteiger partial charge >= 0.3 is 6.03 Å². The van der Waals surface area contributed by atoms with Gasteiger partial charge in [-0.2, -0.15) is 4.31 Å². The standard InChI is InChI=1S/C22H30N4O3S/c1-17(2)16-26(20-5-3-4-6-20)30(28,29)21-9-7-19(8-10-21)25-22(27)24-15-18-11-13-23-14-12-18/h7-14,17,20H,3-6,15-16H2,1-2H3,(H2,24,25,27). The first kappa shape index (κ1) is 22.2. The molecule has 2 aromatic rings. The maximum atomic E-state index is 13.3. The van der Waals surface area contributed by atoms with Crippen LogP contribution in [0.3, 0.4) is 0 Å². The highest BCUT2D eigenvalue weighted by atomic mass is 32.2. The van der Waals surface area contributed by atoms with Crippen molar-refractivity contribution in [1.29, 1.82) is 0 Å². The number of urea groups is 1. The average Bonchev–Trinajstić information content (AvgIpc) is 3.26. The zero-order valence-electron chi connectivity index (χ0n) is 17.5. The zero-order chi connectivity index (χ0) is 21.6. The topological polar surface area (TPSA) is 91.4 Å². The van der Waals surface area contributed by atoms with Crippen molar-refractivity contribution < 1.29 is 13.2 Å². The number of hydrogen-bond donors (Lipinski definition) is 2. The van der Waals surface area contributed by atoms with Gasteiger partial charge in [-0.15, -0.1) is 0 Å². The second kappa shape index (κ2) is 10.0. The molecule has 0 atom stereocenters. The first-order chi connectivity index (χ1) is 14.4. The molecule has 2 amide bonds. The van der Waals surface area contributed by atoms with Crippen LogP contribution in [0.25, 0.3) is 0 Å². The first-order valence-corrected chi connectivity index (χ1v) is 11.9. The first-order valence-electron chi connectivity index (χ1n) is 10.4. The lowest BCUT2D eigenvalue weighted by atomic mass is 10.2. The van der Waals surface area contributed by atoms with Gasteiger partial charge in [-0.3, -0.25) is 4.98 Å². The molecule has 1 aliphatic rings. The number of pyridine rings is 1. The molecule has 0 aliphatic heterocycles. The van der Waals surface area contributed by atoms with E-state index < -0.39 is 10.0 Å². The average molecular weight is 431 g/mol. The van der Waals surface area contributed by atoms with E-state index in [-0.39, 0.29) is 22.9 Å². The fourth-order valence-electron chi connectivity index (χ4n) is 3.70. The lowest BCUT2D eigenvalue weighted by Gasteiger charge is -2.29. The van der Waals surface area contributed by atoms with Crippen LogP contribution in [0.1, 0.15) is 45.1 Å². The molecule has 2 N–H and O–H groups in total. The van der Waals surface area contributed by atoms with Gasteiger partial charge in [0.2, 0.25) is 10.0 Å². The summed E-state index contributed by atoms with van der Waals surface area (Å²) in [6, 6.07) is 9.76. The summed E-state index contributed by atoms with van der Waals surface area (Å²) in [5.41, 5.74) is 1.48. The third-order valence-electron chi connectivity index (χ3n) is 5.20. The van der Waals surface area contributed by atoms with Crippen molar-refractivity contribution >= 4 is 21.7 Å². The summed E-state index contributed by atoms with van der Waals surface area (Å²) >= 11 is 0. The summed E-state index contributed by atoms with van der Waals surface area (Å²) in [5, 5.41) is 5.50. The molecule has 1 saturated carbocycles. The number of anilines is 1. The molecule has 1 aliphatic carbocycles. The maximum Gasteiger partial charge on any atom is 0.319 e. The number of benzene rings is 1. The minimum absolute atomic E-state index is 0.0779. The van der Waals surface area contributed by atoms with Gasteiger partial charge in [0, 0.05) is 37.2 Å². The number of aromatic nitrogens is 1. The van der Waals surface area contributed by atoms with Crippen molar-refractivity contribution in [3.05, 3.63) is 54.4 Å². The Hall–Kier alpha value is -2.45. The number of rotatable bonds is 8. The van der Waals surface area contributed by atoms with E-state index in [1.807, 2.05) is 26.0 Å². The van der Waals surface area contributed by atoms with Crippen LogP contribution >= 0.6 is 0 Å². The highest BCUT2D eigenvalue weighted by Gasteiger charge is 2.33. The highest BCUT2D eigenvalue weighted by Crippen LogP contribution is 2.30. The summed E-state index contributed by atoms with van der Waals surface area (Å²) in [6.45, 7) is 4.97. The molecule has 0 saturated heterocycles. The fourth-order valence-corrected chi connectivity index (χ4v) is 5.55. The molecule has 0 radical (unpaired) electrons. The Labute approximate surface area is 178 Å². The van der Waals surface area contributed by atoms with Crippen LogP contribution < -0.4 is 10.6 Å². The van der Waals surface area contributed by atoms with Crippen molar-refractivity contribution in [1.82, 2.24) is 14.6 Å². The Bertz CT molecular complexity index is 925. The molecule has 1 aromatic carbocycles. The second-order valence-electron chi connectivity index (χ2n) is 8.09. The molecule has 162 valence electrons. The SMILES string of the molecule is CC(C)CN(C1CCCC1)S(=O)(=O)c1ccc(NC(=O)NCc2ccncc2)cc1. The molecular weight excluding hydrogens is 400 g/mol. The number of nitrogens with one attached hydrogen (secondary N) is 2. The van der Waals surface area contributed by atoms with Gasteiger partial charge in [0.15, 0.2) is 0 Å². The smallest absolute Gasteiger partial charge is 0.319 e. The molecule has 8 heteroatoms. The number of sulfonamides is 1. The van der Waals surface area contributed by atoms with Crippen LogP contribution in [0.4, 0.5) is 10.5 Å². The zero-order valence-corrected chi connectivity index (χ0v) is 18.4. The van der Waals surface area contributed by atoms with Crippen molar-refractivity contribution in [2.75, 3.05) is 11.9 Å². The van der Waals surface area contributed by atoms with Crippen molar-refractivity contribution in [3.63, 3.8) is 0 Å². The fraction of sp³-hybridized carbons (Fsp3) is 0.455. The number of hydrogen-bond acceptors (Lipinski definition) is 4. The van der Waals surface area contributed by atoms with E-state index in [0.29, 0.717) is 18.8 Å². The Morgan fingerprint density at radius 2 is 1.73 bits per heavy atom. The maximum absolute atomic E-state index is 13.3. The van der Waals surface area contributed by atoms with Crippen molar-refractivity contribution in [2.24, 2.45) is 5.92 Å². The Balaban J connectivity index is 1.65. The molecule has 0 spiro atoms. The van der Waals surface area contributed by atoms with Crippen LogP contribution in [0.2, 0.25) is 0 Å². The molecule has 7 nitrogen and oxygen atoms in total. The van der Waals surface area contributed by atoms with Gasteiger partial charge in [0.1, 0.15) is 0 Å². The molecule has 1 heterocycles. The monoisotopic (exact) mass is 430 g/mol. The third-order valence-corrected chi connectivity index (χ3v) is 7.13. The van der Waals surface area contributed by atoms with Crippen LogP contribution in [0.5, 0.6) is 0 Å². The van der Waals surface area contributed by atoms with E-state index in [0.717, 1.165) is 31.2 Å². The summed E-state index contributed by atoms with van der Waals surface area (Å²) in [4.78, 5) is 16.3. The van der Waals surface area contributed by atoms with E-state index >= 15 is 0 Å². The number of carbonyl (C=O) groups is 1. The van der Waals surface area contributed by atoms with E-state index in [9.17, 15) is 13.2 Å². The normalized spacial score (nSPS) is 14.9. The largest absolute Gasteiger partial charge is 0.334 e. The highest BCUT2D eigenvalue weighted by molar-refractivity contribution is 7.89. The summed E-state index contributed by atoms with van der Waals surface area (Å²) in [6.07, 6.45) is 7.33. The predicted octanol–water partition coefficient (Wildman–Crippen LogP) is 3.99. The number of carbonyl (C=O) groups excluding carboxylic acids is 1. The number of amides is 2. The Morgan fingerprint density at radius 1 is 1.10 bits per heavy atom. The Morgan fingerprint density at radius 3 is 2.33 bits per heavy atom. The van der Waals surface area contributed by atoms with Gasteiger partial charge in [-0.1, -0.05) is 26.7 Å². The minimum atomic E-state index is -3.57. The van der Waals surface area contributed by atoms with Crippen LogP contribution in [0.15, 0.2) is 53.7 Å². The minimum Gasteiger partial charge on any atom is -0.334 e. The van der Waals surface area contributed by atoms with Crippen molar-refractivity contribution in [2.45, 2.75) is 57.0 Å². The van der Waals surface area contributed by atoms with Gasteiger partial charge in [-0.25, -0.2) is 13.2 Å². The van der Waals surface area contributed by atoms with Crippen LogP contribution in [-0.4, -0.2) is 36.3 Å². The van der Waals surface area contributed by atoms with Crippen molar-refractivity contribution in [3.8, 4) is 0 Å². The molecule has 1 fully saturated rings. The summed E-state index contributed by atoms with van der Waals surface area (Å²) < 4.78 is 28.2. The van der Waals surface area contributed by atoms with Crippen LogP contribution in [-0.2, 0) is 16.6 Å². The molecule has 0 bridgehead atoms. The van der Waals surface area contributed by atoms with Gasteiger partial charge in [0.05, 0.1) is 4.90 Å². The number of nitrogens with zero attached hydrogens (tertiary/aromatic N) is 2. The molecule has 30 heavy (non-hydrogen) atoms. The molecule has 1 aromatic heterocycles. The van der Waals surface area contributed by atoms with E-state index in [2.05, 4.69) is 15.6 Å². The lowest BCUT2D eigenvalue weighted by molar-refractivity contribution is 0.251. The summed E-state index contributed by atoms with van der Waals surface area (Å²) in [7, 11) is -3.57. The predicted molar refractivity (Wildman–Crippen MR) is 118 cm³/mol.